The maximum atomic E-state index is 11.8. The minimum absolute atomic E-state index is 0.0240. The van der Waals surface area contributed by atoms with Crippen LogP contribution in [0.4, 0.5) is 0 Å². The summed E-state index contributed by atoms with van der Waals surface area (Å²) in [6, 6.07) is 16.4. The minimum atomic E-state index is -0.459. The van der Waals surface area contributed by atoms with Crippen LogP contribution < -0.4 is 20.9 Å². The Morgan fingerprint density at radius 2 is 1.64 bits per heavy atom. The zero-order chi connectivity index (χ0) is 18.1. The van der Waals surface area contributed by atoms with Crippen LogP contribution in [0.2, 0.25) is 5.02 Å². The number of ether oxygens (including phenoxy) is 1. The van der Waals surface area contributed by atoms with Crippen LogP contribution >= 0.6 is 11.6 Å². The van der Waals surface area contributed by atoms with Crippen molar-refractivity contribution in [3.8, 4) is 5.75 Å². The highest BCUT2D eigenvalue weighted by Gasteiger charge is 2.08. The number of carbonyl (C=O) groups is 2. The smallest absolute Gasteiger partial charge is 0.276 e. The average molecular weight is 362 g/mol. The largest absolute Gasteiger partial charge is 0.484 e. The summed E-state index contributed by atoms with van der Waals surface area (Å²) in [5.74, 6) is -0.286. The Morgan fingerprint density at radius 1 is 1.00 bits per heavy atom. The number of carbonyl (C=O) groups excluding carboxylic acids is 2. The maximum absolute atomic E-state index is 11.8. The lowest BCUT2D eigenvalue weighted by Gasteiger charge is -2.14. The van der Waals surface area contributed by atoms with Gasteiger partial charge in [0.2, 0.25) is 0 Å². The monoisotopic (exact) mass is 361 g/mol. The summed E-state index contributed by atoms with van der Waals surface area (Å²) in [5.41, 5.74) is 5.71. The van der Waals surface area contributed by atoms with Gasteiger partial charge in [0.1, 0.15) is 5.75 Å². The fourth-order valence-electron chi connectivity index (χ4n) is 2.00. The van der Waals surface area contributed by atoms with E-state index in [1.165, 1.54) is 0 Å². The number of halogens is 1. The first-order valence-electron chi connectivity index (χ1n) is 7.79. The van der Waals surface area contributed by atoms with Crippen molar-refractivity contribution in [2.45, 2.75) is 13.0 Å². The number of benzene rings is 2. The van der Waals surface area contributed by atoms with Crippen molar-refractivity contribution in [3.05, 3.63) is 65.2 Å². The number of amides is 2. The summed E-state index contributed by atoms with van der Waals surface area (Å²) in [6.07, 6.45) is 0. The number of nitrogens with one attached hydrogen (secondary N) is 3. The standard InChI is InChI=1S/C18H20ClN3O3/c1-13(14-5-3-2-4-6-14)20-11-17(23)21-22-18(24)12-25-16-9-7-15(19)8-10-16/h2-10,13,20H,11-12H2,1H3,(H,21,23)(H,22,24)/t13-/m0/s1. The molecule has 0 fully saturated rings. The van der Waals surface area contributed by atoms with Crippen LogP contribution in [0.5, 0.6) is 5.75 Å². The van der Waals surface area contributed by atoms with Gasteiger partial charge in [-0.2, -0.15) is 0 Å². The third kappa shape index (κ3) is 6.82. The molecule has 1 atom stereocenters. The Morgan fingerprint density at radius 3 is 2.32 bits per heavy atom. The highest BCUT2D eigenvalue weighted by atomic mass is 35.5. The predicted molar refractivity (Wildman–Crippen MR) is 96.1 cm³/mol. The molecule has 3 N–H and O–H groups in total. The Labute approximate surface area is 151 Å². The highest BCUT2D eigenvalue weighted by Crippen LogP contribution is 2.15. The van der Waals surface area contributed by atoms with E-state index in [1.807, 2.05) is 37.3 Å². The van der Waals surface area contributed by atoms with E-state index in [1.54, 1.807) is 24.3 Å². The summed E-state index contributed by atoms with van der Waals surface area (Å²) < 4.78 is 5.27. The lowest BCUT2D eigenvalue weighted by molar-refractivity contribution is -0.129. The van der Waals surface area contributed by atoms with Gasteiger partial charge in [-0.25, -0.2) is 0 Å². The molecule has 2 rings (SSSR count). The number of hydrogen-bond acceptors (Lipinski definition) is 4. The molecule has 0 unspecified atom stereocenters. The van der Waals surface area contributed by atoms with Crippen LogP contribution in [0.3, 0.4) is 0 Å². The van der Waals surface area contributed by atoms with Crippen molar-refractivity contribution >= 4 is 23.4 Å². The Hall–Kier alpha value is -2.57. The Kier molecular flexibility index (Phi) is 7.25. The molecule has 132 valence electrons. The molecule has 25 heavy (non-hydrogen) atoms. The molecule has 0 aliphatic heterocycles. The van der Waals surface area contributed by atoms with Crippen molar-refractivity contribution in [1.29, 1.82) is 0 Å². The fourth-order valence-corrected chi connectivity index (χ4v) is 2.13. The van der Waals surface area contributed by atoms with Crippen molar-refractivity contribution < 1.29 is 14.3 Å². The molecule has 0 saturated heterocycles. The zero-order valence-corrected chi connectivity index (χ0v) is 14.5. The lowest BCUT2D eigenvalue weighted by atomic mass is 10.1. The summed E-state index contributed by atoms with van der Waals surface area (Å²) in [4.78, 5) is 23.4. The first-order chi connectivity index (χ1) is 12.0. The molecule has 0 radical (unpaired) electrons. The Bertz CT molecular complexity index is 692. The van der Waals surface area contributed by atoms with Gasteiger partial charge in [0.25, 0.3) is 11.8 Å². The van der Waals surface area contributed by atoms with E-state index in [9.17, 15) is 9.59 Å². The summed E-state index contributed by atoms with van der Waals surface area (Å²) in [5, 5.41) is 3.66. The second-order valence-electron chi connectivity index (χ2n) is 5.35. The van der Waals surface area contributed by atoms with Crippen LogP contribution in [0.15, 0.2) is 54.6 Å². The molecule has 0 bridgehead atoms. The molecule has 6 nitrogen and oxygen atoms in total. The molecule has 0 heterocycles. The van der Waals surface area contributed by atoms with Crippen molar-refractivity contribution in [1.82, 2.24) is 16.2 Å². The molecule has 2 aromatic rings. The van der Waals surface area contributed by atoms with E-state index in [0.717, 1.165) is 5.56 Å². The molecule has 7 heteroatoms. The van der Waals surface area contributed by atoms with Crippen LogP contribution in [0.25, 0.3) is 0 Å². The summed E-state index contributed by atoms with van der Waals surface area (Å²) in [7, 11) is 0. The molecule has 2 aromatic carbocycles. The van der Waals surface area contributed by atoms with E-state index >= 15 is 0 Å². The van der Waals surface area contributed by atoms with E-state index in [4.69, 9.17) is 16.3 Å². The van der Waals surface area contributed by atoms with E-state index in [0.29, 0.717) is 10.8 Å². The second-order valence-corrected chi connectivity index (χ2v) is 5.79. The Balaban J connectivity index is 1.64. The molecule has 2 amide bonds. The first kappa shape index (κ1) is 18.8. The maximum Gasteiger partial charge on any atom is 0.276 e. The average Bonchev–Trinajstić information content (AvgIpc) is 2.64. The number of rotatable bonds is 7. The predicted octanol–water partition coefficient (Wildman–Crippen LogP) is 2.22. The molecule has 0 aliphatic rings. The van der Waals surface area contributed by atoms with Gasteiger partial charge in [-0.1, -0.05) is 41.9 Å². The fraction of sp³-hybridized carbons (Fsp3) is 0.222. The highest BCUT2D eigenvalue weighted by molar-refractivity contribution is 6.30. The van der Waals surface area contributed by atoms with E-state index in [-0.39, 0.29) is 25.1 Å². The van der Waals surface area contributed by atoms with Crippen LogP contribution in [-0.4, -0.2) is 25.0 Å². The van der Waals surface area contributed by atoms with E-state index < -0.39 is 5.91 Å². The van der Waals surface area contributed by atoms with Crippen molar-refractivity contribution in [2.24, 2.45) is 0 Å². The quantitative estimate of drug-likeness (QED) is 0.661. The molecule has 0 aliphatic carbocycles. The third-order valence-corrected chi connectivity index (χ3v) is 3.65. The van der Waals surface area contributed by atoms with Crippen LogP contribution in [-0.2, 0) is 9.59 Å². The zero-order valence-electron chi connectivity index (χ0n) is 13.8. The number of hydrazine groups is 1. The van der Waals surface area contributed by atoms with Crippen molar-refractivity contribution in [2.75, 3.05) is 13.2 Å². The summed E-state index contributed by atoms with van der Waals surface area (Å²) in [6.45, 7) is 1.82. The minimum Gasteiger partial charge on any atom is -0.484 e. The molecular formula is C18H20ClN3O3. The first-order valence-corrected chi connectivity index (χ1v) is 8.17. The van der Waals surface area contributed by atoms with Gasteiger partial charge in [-0.05, 0) is 36.8 Å². The summed E-state index contributed by atoms with van der Waals surface area (Å²) >= 11 is 5.76. The van der Waals surface area contributed by atoms with Gasteiger partial charge < -0.3 is 10.1 Å². The van der Waals surface area contributed by atoms with Crippen molar-refractivity contribution in [3.63, 3.8) is 0 Å². The van der Waals surface area contributed by atoms with Crippen LogP contribution in [0, 0.1) is 0 Å². The van der Waals surface area contributed by atoms with Gasteiger partial charge in [0.15, 0.2) is 6.61 Å². The normalized spacial score (nSPS) is 11.4. The molecule has 0 aromatic heterocycles. The van der Waals surface area contributed by atoms with Gasteiger partial charge in [0.05, 0.1) is 6.54 Å². The van der Waals surface area contributed by atoms with Gasteiger partial charge in [0, 0.05) is 11.1 Å². The van der Waals surface area contributed by atoms with Gasteiger partial charge >= 0.3 is 0 Å². The van der Waals surface area contributed by atoms with Gasteiger partial charge in [-0.3, -0.25) is 20.4 Å². The van der Waals surface area contributed by atoms with Crippen LogP contribution in [0.1, 0.15) is 18.5 Å². The third-order valence-electron chi connectivity index (χ3n) is 3.39. The SMILES string of the molecule is C[C@H](NCC(=O)NNC(=O)COc1ccc(Cl)cc1)c1ccccc1. The van der Waals surface area contributed by atoms with E-state index in [2.05, 4.69) is 16.2 Å². The molecule has 0 saturated carbocycles. The molecular weight excluding hydrogens is 342 g/mol. The second kappa shape index (κ2) is 9.66. The lowest BCUT2D eigenvalue weighted by Crippen LogP contribution is -2.47. The number of hydrogen-bond donors (Lipinski definition) is 3. The molecule has 0 spiro atoms. The topological polar surface area (TPSA) is 79.5 Å². The van der Waals surface area contributed by atoms with Gasteiger partial charge in [-0.15, -0.1) is 0 Å².